The highest BCUT2D eigenvalue weighted by atomic mass is 16.6. The van der Waals surface area contributed by atoms with Crippen molar-refractivity contribution in [3.05, 3.63) is 46.3 Å². The summed E-state index contributed by atoms with van der Waals surface area (Å²) < 4.78 is 10.3. The second-order valence-electron chi connectivity index (χ2n) is 6.24. The molecule has 1 atom stereocenters. The Hall–Kier alpha value is -3.27. The number of nitrogens with zero attached hydrogens (tertiary/aromatic N) is 4. The maximum Gasteiger partial charge on any atom is 0.353 e. The van der Waals surface area contributed by atoms with Gasteiger partial charge in [-0.3, -0.25) is 10.1 Å². The van der Waals surface area contributed by atoms with Crippen LogP contribution in [0.1, 0.15) is 23.2 Å². The van der Waals surface area contributed by atoms with E-state index in [1.807, 2.05) is 0 Å². The summed E-state index contributed by atoms with van der Waals surface area (Å²) in [4.78, 5) is 32.9. The number of aromatic nitrogens is 2. The maximum atomic E-state index is 12.1. The van der Waals surface area contributed by atoms with E-state index in [9.17, 15) is 14.9 Å². The molecule has 1 N–H and O–H groups in total. The van der Waals surface area contributed by atoms with Gasteiger partial charge in [0.25, 0.3) is 0 Å². The van der Waals surface area contributed by atoms with Crippen LogP contribution in [0.5, 0.6) is 0 Å². The zero-order valence-electron chi connectivity index (χ0n) is 15.6. The molecule has 0 saturated carbocycles. The minimum atomic E-state index is -0.545. The smallest absolute Gasteiger partial charge is 0.353 e. The molecule has 0 amide bonds. The van der Waals surface area contributed by atoms with E-state index >= 15 is 0 Å². The predicted octanol–water partition coefficient (Wildman–Crippen LogP) is 2.53. The fourth-order valence-electron chi connectivity index (χ4n) is 3.09. The van der Waals surface area contributed by atoms with E-state index in [-0.39, 0.29) is 29.0 Å². The number of nitrogens with one attached hydrogen (secondary N) is 1. The van der Waals surface area contributed by atoms with Crippen molar-refractivity contribution < 1.29 is 19.2 Å². The molecule has 1 saturated heterocycles. The van der Waals surface area contributed by atoms with Gasteiger partial charge >= 0.3 is 11.7 Å². The lowest BCUT2D eigenvalue weighted by Gasteiger charge is -2.21. The number of esters is 1. The summed E-state index contributed by atoms with van der Waals surface area (Å²) in [6.45, 7) is 1.11. The number of rotatable bonds is 7. The first kappa shape index (κ1) is 19.5. The number of hydrogen-bond acceptors (Lipinski definition) is 9. The van der Waals surface area contributed by atoms with E-state index in [4.69, 9.17) is 9.47 Å². The Morgan fingerprint density at radius 3 is 2.89 bits per heavy atom. The molecular weight excluding hydrogens is 366 g/mol. The Morgan fingerprint density at radius 2 is 2.21 bits per heavy atom. The monoisotopic (exact) mass is 387 g/mol. The van der Waals surface area contributed by atoms with Gasteiger partial charge < -0.3 is 19.7 Å². The number of carbonyl (C=O) groups excluding carboxylic acids is 1. The molecule has 2 aromatic rings. The molecule has 1 aliphatic rings. The minimum absolute atomic E-state index is 0.00389. The van der Waals surface area contributed by atoms with Gasteiger partial charge in [0.1, 0.15) is 6.33 Å². The van der Waals surface area contributed by atoms with E-state index in [1.54, 1.807) is 31.3 Å². The second-order valence-corrected chi connectivity index (χ2v) is 6.24. The predicted molar refractivity (Wildman–Crippen MR) is 102 cm³/mol. The highest BCUT2D eigenvalue weighted by molar-refractivity contribution is 5.97. The number of ether oxygens (including phenoxy) is 2. The van der Waals surface area contributed by atoms with Crippen LogP contribution in [0.2, 0.25) is 0 Å². The van der Waals surface area contributed by atoms with Crippen LogP contribution in [-0.2, 0) is 9.47 Å². The number of para-hydroxylation sites is 1. The van der Waals surface area contributed by atoms with Crippen molar-refractivity contribution in [2.75, 3.05) is 37.5 Å². The lowest BCUT2D eigenvalue weighted by Crippen LogP contribution is -2.21. The van der Waals surface area contributed by atoms with Crippen molar-refractivity contribution in [3.8, 4) is 0 Å². The van der Waals surface area contributed by atoms with Crippen molar-refractivity contribution in [1.29, 1.82) is 0 Å². The summed E-state index contributed by atoms with van der Waals surface area (Å²) in [5.74, 6) is -0.380. The van der Waals surface area contributed by atoms with Crippen molar-refractivity contribution in [1.82, 2.24) is 9.97 Å². The molecule has 28 heavy (non-hydrogen) atoms. The highest BCUT2D eigenvalue weighted by Crippen LogP contribution is 2.36. The van der Waals surface area contributed by atoms with Gasteiger partial charge in [0.2, 0.25) is 11.6 Å². The van der Waals surface area contributed by atoms with Crippen LogP contribution in [0, 0.1) is 10.1 Å². The standard InChI is InChI=1S/C18H21N5O5/c1-22(14-8-4-3-7-13(14)18(24)27-2)17-15(23(25)26)16(20-11-21-17)19-10-12-6-5-9-28-12/h3-4,7-8,11-12H,5-6,9-10H2,1-2H3,(H,19,20,21). The molecule has 3 rings (SSSR count). The highest BCUT2D eigenvalue weighted by Gasteiger charge is 2.28. The van der Waals surface area contributed by atoms with Crippen LogP contribution in [-0.4, -0.2) is 54.3 Å². The number of anilines is 3. The molecule has 1 aromatic heterocycles. The molecule has 2 heterocycles. The zero-order chi connectivity index (χ0) is 20.1. The van der Waals surface area contributed by atoms with Crippen LogP contribution in [0.4, 0.5) is 23.0 Å². The first-order valence-electron chi connectivity index (χ1n) is 8.79. The Balaban J connectivity index is 1.96. The quantitative estimate of drug-likeness (QED) is 0.434. The summed E-state index contributed by atoms with van der Waals surface area (Å²) in [7, 11) is 2.88. The third kappa shape index (κ3) is 4.01. The van der Waals surface area contributed by atoms with E-state index in [0.717, 1.165) is 12.8 Å². The van der Waals surface area contributed by atoms with Crippen molar-refractivity contribution in [2.45, 2.75) is 18.9 Å². The second kappa shape index (κ2) is 8.61. The lowest BCUT2D eigenvalue weighted by molar-refractivity contribution is -0.383. The molecule has 0 bridgehead atoms. The maximum absolute atomic E-state index is 12.1. The van der Waals surface area contributed by atoms with E-state index in [0.29, 0.717) is 18.8 Å². The van der Waals surface area contributed by atoms with E-state index in [2.05, 4.69) is 15.3 Å². The molecule has 1 unspecified atom stereocenters. The van der Waals surface area contributed by atoms with Gasteiger partial charge in [-0.05, 0) is 25.0 Å². The van der Waals surface area contributed by atoms with E-state index in [1.165, 1.54) is 18.3 Å². The first-order chi connectivity index (χ1) is 13.5. The molecule has 1 fully saturated rings. The van der Waals surface area contributed by atoms with Crippen LogP contribution >= 0.6 is 0 Å². The molecule has 0 aliphatic carbocycles. The van der Waals surface area contributed by atoms with Gasteiger partial charge in [-0.1, -0.05) is 12.1 Å². The van der Waals surface area contributed by atoms with E-state index < -0.39 is 10.9 Å². The Bertz CT molecular complexity index is 869. The summed E-state index contributed by atoms with van der Waals surface area (Å²) in [6, 6.07) is 6.66. The molecule has 1 aromatic carbocycles. The van der Waals surface area contributed by atoms with Gasteiger partial charge in [0.05, 0.1) is 29.4 Å². The summed E-state index contributed by atoms with van der Waals surface area (Å²) in [5.41, 5.74) is 0.429. The van der Waals surface area contributed by atoms with Crippen LogP contribution in [0.25, 0.3) is 0 Å². The summed E-state index contributed by atoms with van der Waals surface area (Å²) >= 11 is 0. The average Bonchev–Trinajstić information content (AvgIpc) is 3.24. The molecule has 10 nitrogen and oxygen atoms in total. The third-order valence-corrected chi connectivity index (χ3v) is 4.50. The summed E-state index contributed by atoms with van der Waals surface area (Å²) in [5, 5.41) is 14.8. The Labute approximate surface area is 161 Å². The first-order valence-corrected chi connectivity index (χ1v) is 8.79. The van der Waals surface area contributed by atoms with Gasteiger partial charge in [0, 0.05) is 20.2 Å². The zero-order valence-corrected chi connectivity index (χ0v) is 15.6. The van der Waals surface area contributed by atoms with Gasteiger partial charge in [0.15, 0.2) is 0 Å². The molecular formula is C18H21N5O5. The van der Waals surface area contributed by atoms with Crippen LogP contribution in [0.15, 0.2) is 30.6 Å². The Morgan fingerprint density at radius 1 is 1.43 bits per heavy atom. The number of nitro groups is 1. The van der Waals surface area contributed by atoms with Crippen molar-refractivity contribution in [2.24, 2.45) is 0 Å². The molecule has 148 valence electrons. The number of carbonyl (C=O) groups is 1. The van der Waals surface area contributed by atoms with Gasteiger partial charge in [-0.2, -0.15) is 0 Å². The molecule has 0 radical (unpaired) electrons. The normalized spacial score (nSPS) is 15.9. The largest absolute Gasteiger partial charge is 0.465 e. The fraction of sp³-hybridized carbons (Fsp3) is 0.389. The van der Waals surface area contributed by atoms with Gasteiger partial charge in [-0.25, -0.2) is 14.8 Å². The molecule has 1 aliphatic heterocycles. The summed E-state index contributed by atoms with van der Waals surface area (Å²) in [6.07, 6.45) is 3.11. The van der Waals surface area contributed by atoms with Crippen LogP contribution < -0.4 is 10.2 Å². The minimum Gasteiger partial charge on any atom is -0.465 e. The topological polar surface area (TPSA) is 120 Å². The number of benzene rings is 1. The van der Waals surface area contributed by atoms with Crippen LogP contribution in [0.3, 0.4) is 0 Å². The number of methoxy groups -OCH3 is 1. The van der Waals surface area contributed by atoms with Crippen molar-refractivity contribution >= 4 is 29.0 Å². The molecule has 0 spiro atoms. The fourth-order valence-corrected chi connectivity index (χ4v) is 3.09. The number of hydrogen-bond donors (Lipinski definition) is 1. The van der Waals surface area contributed by atoms with Gasteiger partial charge in [-0.15, -0.1) is 0 Å². The molecule has 10 heteroatoms. The SMILES string of the molecule is COC(=O)c1ccccc1N(C)c1ncnc(NCC2CCCO2)c1[N+](=O)[O-]. The van der Waals surface area contributed by atoms with Crippen molar-refractivity contribution in [3.63, 3.8) is 0 Å². The average molecular weight is 387 g/mol. The third-order valence-electron chi connectivity index (χ3n) is 4.50. The Kier molecular flexibility index (Phi) is 5.99. The lowest BCUT2D eigenvalue weighted by atomic mass is 10.1.